The van der Waals surface area contributed by atoms with Gasteiger partial charge in [-0.15, -0.1) is 0 Å². The number of nitrogens with two attached hydrogens (primary N) is 1. The van der Waals surface area contributed by atoms with Gasteiger partial charge in [0.05, 0.1) is 5.56 Å². The summed E-state index contributed by atoms with van der Waals surface area (Å²) in [6, 6.07) is 7.13. The van der Waals surface area contributed by atoms with Crippen LogP contribution in [0, 0.1) is 23.2 Å². The van der Waals surface area contributed by atoms with Crippen molar-refractivity contribution in [3.63, 3.8) is 0 Å². The van der Waals surface area contributed by atoms with E-state index in [-0.39, 0.29) is 11.3 Å². The van der Waals surface area contributed by atoms with Gasteiger partial charge in [-0.1, -0.05) is 12.1 Å². The number of rotatable bonds is 3. The van der Waals surface area contributed by atoms with E-state index in [1.165, 1.54) is 38.5 Å². The molecule has 4 heteroatoms. The number of nitrogens with one attached hydrogen (secondary N) is 1. The third-order valence-electron chi connectivity index (χ3n) is 6.34. The Balaban J connectivity index is 1.51. The monoisotopic (exact) mass is 311 g/mol. The Hall–Kier alpha value is -1.84. The van der Waals surface area contributed by atoms with Crippen LogP contribution in [0.2, 0.25) is 0 Å². The van der Waals surface area contributed by atoms with Crippen molar-refractivity contribution >= 4 is 17.3 Å². The van der Waals surface area contributed by atoms with E-state index in [0.717, 1.165) is 23.5 Å². The first-order valence-electron chi connectivity index (χ1n) is 8.75. The van der Waals surface area contributed by atoms with Crippen LogP contribution < -0.4 is 11.2 Å². The maximum Gasteiger partial charge on any atom is 0.273 e. The molecule has 3 N–H and O–H groups in total. The molecule has 4 nitrogen and oxygen atoms in total. The van der Waals surface area contributed by atoms with Crippen LogP contribution in [-0.2, 0) is 0 Å². The summed E-state index contributed by atoms with van der Waals surface area (Å²) in [5.41, 5.74) is 10.9. The van der Waals surface area contributed by atoms with Crippen LogP contribution in [0.1, 0.15) is 55.8 Å². The summed E-state index contributed by atoms with van der Waals surface area (Å²) in [7, 11) is 0. The van der Waals surface area contributed by atoms with Crippen molar-refractivity contribution in [2.75, 3.05) is 5.73 Å². The van der Waals surface area contributed by atoms with Crippen molar-refractivity contribution in [3.05, 3.63) is 29.8 Å². The summed E-state index contributed by atoms with van der Waals surface area (Å²) in [6.45, 7) is 2.10. The van der Waals surface area contributed by atoms with Gasteiger partial charge in [0.1, 0.15) is 0 Å². The summed E-state index contributed by atoms with van der Waals surface area (Å²) in [5.74, 6) is 2.43. The number of hydrogen-bond acceptors (Lipinski definition) is 3. The topological polar surface area (TPSA) is 67.5 Å². The molecule has 122 valence electrons. The van der Waals surface area contributed by atoms with Crippen LogP contribution in [0.5, 0.6) is 0 Å². The fourth-order valence-electron chi connectivity index (χ4n) is 5.57. The number of para-hydroxylation sites is 1. The highest BCUT2D eigenvalue weighted by atomic mass is 16.2. The van der Waals surface area contributed by atoms with Gasteiger partial charge in [-0.2, -0.15) is 5.10 Å². The number of hydrazone groups is 1. The van der Waals surface area contributed by atoms with Gasteiger partial charge < -0.3 is 5.73 Å². The molecule has 1 aromatic rings. The zero-order valence-electron chi connectivity index (χ0n) is 13.7. The summed E-state index contributed by atoms with van der Waals surface area (Å²) in [5, 5.41) is 4.49. The van der Waals surface area contributed by atoms with Crippen molar-refractivity contribution in [3.8, 4) is 0 Å². The maximum atomic E-state index is 12.3. The standard InChI is InChI=1S/C19H25N3O/c1-12(21-22-18(23)16-4-2-3-5-17(16)20)19-9-13-6-14(10-19)8-15(7-13)11-19/h2-5,13-15H,6-11,20H2,1H3,(H,22,23)/b21-12+. The number of carbonyl (C=O) groups is 1. The first kappa shape index (κ1) is 14.7. The van der Waals surface area contributed by atoms with Gasteiger partial charge in [-0.05, 0) is 75.3 Å². The van der Waals surface area contributed by atoms with Gasteiger partial charge in [0.2, 0.25) is 0 Å². The van der Waals surface area contributed by atoms with Crippen molar-refractivity contribution < 1.29 is 4.79 Å². The van der Waals surface area contributed by atoms with Crippen LogP contribution in [0.25, 0.3) is 0 Å². The molecule has 0 atom stereocenters. The highest BCUT2D eigenvalue weighted by Gasteiger charge is 2.52. The fourth-order valence-corrected chi connectivity index (χ4v) is 5.57. The van der Waals surface area contributed by atoms with E-state index in [4.69, 9.17) is 5.73 Å². The minimum Gasteiger partial charge on any atom is -0.398 e. The molecule has 4 aliphatic carbocycles. The lowest BCUT2D eigenvalue weighted by atomic mass is 9.48. The highest BCUT2D eigenvalue weighted by molar-refractivity contribution is 6.00. The zero-order valence-corrected chi connectivity index (χ0v) is 13.7. The van der Waals surface area contributed by atoms with Gasteiger partial charge in [-0.3, -0.25) is 4.79 Å². The van der Waals surface area contributed by atoms with Gasteiger partial charge in [-0.25, -0.2) is 5.43 Å². The Labute approximate surface area is 137 Å². The Morgan fingerprint density at radius 2 is 1.70 bits per heavy atom. The van der Waals surface area contributed by atoms with Gasteiger partial charge in [0, 0.05) is 16.8 Å². The average molecular weight is 311 g/mol. The number of nitrogens with zero attached hydrogens (tertiary/aromatic N) is 1. The van der Waals surface area contributed by atoms with E-state index in [2.05, 4.69) is 17.5 Å². The quantitative estimate of drug-likeness (QED) is 0.509. The molecule has 1 aromatic carbocycles. The van der Waals surface area contributed by atoms with E-state index in [1.54, 1.807) is 12.1 Å². The molecule has 0 spiro atoms. The molecule has 0 heterocycles. The lowest BCUT2D eigenvalue weighted by molar-refractivity contribution is -0.0128. The number of amides is 1. The number of carbonyl (C=O) groups excluding carboxylic acids is 1. The summed E-state index contributed by atoms with van der Waals surface area (Å²) < 4.78 is 0. The molecule has 4 aliphatic rings. The number of benzene rings is 1. The van der Waals surface area contributed by atoms with Crippen LogP contribution in [-0.4, -0.2) is 11.6 Å². The molecule has 5 rings (SSSR count). The minimum absolute atomic E-state index is 0.216. The van der Waals surface area contributed by atoms with Crippen LogP contribution >= 0.6 is 0 Å². The number of anilines is 1. The second kappa shape index (κ2) is 5.36. The molecule has 4 saturated carbocycles. The lowest BCUT2D eigenvalue weighted by Gasteiger charge is -2.56. The normalized spacial score (nSPS) is 35.3. The Kier molecular flexibility index (Phi) is 3.43. The molecule has 23 heavy (non-hydrogen) atoms. The molecule has 0 unspecified atom stereocenters. The van der Waals surface area contributed by atoms with Crippen LogP contribution in [0.3, 0.4) is 0 Å². The molecular weight excluding hydrogens is 286 g/mol. The van der Waals surface area contributed by atoms with E-state index >= 15 is 0 Å². The maximum absolute atomic E-state index is 12.3. The molecule has 0 aliphatic heterocycles. The molecule has 0 radical (unpaired) electrons. The molecule has 0 aromatic heterocycles. The smallest absolute Gasteiger partial charge is 0.273 e. The van der Waals surface area contributed by atoms with Gasteiger partial charge >= 0.3 is 0 Å². The van der Waals surface area contributed by atoms with Crippen molar-refractivity contribution in [2.45, 2.75) is 45.4 Å². The summed E-state index contributed by atoms with van der Waals surface area (Å²) in [6.07, 6.45) is 8.03. The Bertz CT molecular complexity index is 629. The molecule has 4 fully saturated rings. The third-order valence-corrected chi connectivity index (χ3v) is 6.34. The largest absolute Gasteiger partial charge is 0.398 e. The Morgan fingerprint density at radius 1 is 1.13 bits per heavy atom. The minimum atomic E-state index is -0.216. The summed E-state index contributed by atoms with van der Waals surface area (Å²) >= 11 is 0. The second-order valence-electron chi connectivity index (χ2n) is 7.92. The molecule has 0 saturated heterocycles. The number of nitrogen functional groups attached to an aromatic ring is 1. The first-order valence-corrected chi connectivity index (χ1v) is 8.75. The highest BCUT2D eigenvalue weighted by Crippen LogP contribution is 2.60. The van der Waals surface area contributed by atoms with Crippen LogP contribution in [0.4, 0.5) is 5.69 Å². The second-order valence-corrected chi connectivity index (χ2v) is 7.92. The Morgan fingerprint density at radius 3 is 2.26 bits per heavy atom. The van der Waals surface area contributed by atoms with Crippen molar-refractivity contribution in [1.82, 2.24) is 5.43 Å². The van der Waals surface area contributed by atoms with Crippen molar-refractivity contribution in [2.24, 2.45) is 28.3 Å². The van der Waals surface area contributed by atoms with Crippen molar-refractivity contribution in [1.29, 1.82) is 0 Å². The van der Waals surface area contributed by atoms with Gasteiger partial charge in [0.25, 0.3) is 5.91 Å². The zero-order chi connectivity index (χ0) is 16.0. The SMILES string of the molecule is C/C(=N\NC(=O)c1ccccc1N)C12CC3CC(CC(C3)C1)C2. The van der Waals surface area contributed by atoms with E-state index in [0.29, 0.717) is 11.3 Å². The van der Waals surface area contributed by atoms with E-state index in [9.17, 15) is 4.79 Å². The third kappa shape index (κ3) is 2.54. The lowest BCUT2D eigenvalue weighted by Crippen LogP contribution is -2.49. The fraction of sp³-hybridized carbons (Fsp3) is 0.579. The van der Waals surface area contributed by atoms with Crippen LogP contribution in [0.15, 0.2) is 29.4 Å². The first-order chi connectivity index (χ1) is 11.1. The molecule has 4 bridgehead atoms. The van der Waals surface area contributed by atoms with Gasteiger partial charge in [0.15, 0.2) is 0 Å². The van der Waals surface area contributed by atoms with E-state index in [1.807, 2.05) is 12.1 Å². The summed E-state index contributed by atoms with van der Waals surface area (Å²) in [4.78, 5) is 12.3. The molecular formula is C19H25N3O. The predicted molar refractivity (Wildman–Crippen MR) is 92.0 cm³/mol. The average Bonchev–Trinajstić information content (AvgIpc) is 2.51. The number of hydrogen-bond donors (Lipinski definition) is 2. The van der Waals surface area contributed by atoms with E-state index < -0.39 is 0 Å². The molecule has 1 amide bonds. The predicted octanol–water partition coefficient (Wildman–Crippen LogP) is 3.59.